The number of likely N-dealkylation sites (tertiary alicyclic amines) is 10. The maximum atomic E-state index is 2.67. The molecule has 12 aliphatic heterocycles. The van der Waals surface area contributed by atoms with Crippen molar-refractivity contribution in [3.8, 4) is 0 Å². The number of piperidine rings is 2. The Morgan fingerprint density at radius 2 is 0.736 bits per heavy atom. The molecular weight excluding hydrogens is 1120 g/mol. The van der Waals surface area contributed by atoms with Crippen molar-refractivity contribution < 1.29 is 0 Å². The summed E-state index contributed by atoms with van der Waals surface area (Å²) in [6.45, 7) is 66.7. The molecule has 0 saturated carbocycles. The van der Waals surface area contributed by atoms with E-state index in [4.69, 9.17) is 0 Å². The molecule has 0 spiro atoms. The van der Waals surface area contributed by atoms with Crippen molar-refractivity contribution >= 4 is 0 Å². The number of piperazine rings is 1. The molecule has 0 aliphatic carbocycles. The van der Waals surface area contributed by atoms with Gasteiger partial charge in [0.15, 0.2) is 0 Å². The molecule has 0 aromatic carbocycles. The predicted octanol–water partition coefficient (Wildman–Crippen LogP) is 12.4. The van der Waals surface area contributed by atoms with Crippen LogP contribution in [-0.2, 0) is 0 Å². The maximum Gasteiger partial charge on any atom is 0.0266 e. The summed E-state index contributed by atoms with van der Waals surface area (Å²) in [6.07, 6.45) is 13.6. The first-order valence-electron chi connectivity index (χ1n) is 37.4. The van der Waals surface area contributed by atoms with Crippen LogP contribution in [0.3, 0.4) is 0 Å². The minimum absolute atomic E-state index is 0. The van der Waals surface area contributed by atoms with E-state index in [0.717, 1.165) is 108 Å². The van der Waals surface area contributed by atoms with Crippen LogP contribution in [-0.4, -0.2) is 319 Å². The molecule has 12 rings (SSSR count). The first-order chi connectivity index (χ1) is 41.5. The Bertz CT molecular complexity index is 1870. The molecule has 10 unspecified atom stereocenters. The van der Waals surface area contributed by atoms with Gasteiger partial charge in [-0.2, -0.15) is 0 Å². The minimum atomic E-state index is 0. The van der Waals surface area contributed by atoms with Crippen LogP contribution in [0.4, 0.5) is 0 Å². The predicted molar refractivity (Wildman–Crippen MR) is 404 cm³/mol. The van der Waals surface area contributed by atoms with E-state index in [9.17, 15) is 0 Å². The van der Waals surface area contributed by atoms with Crippen LogP contribution < -0.4 is 0 Å². The largest absolute Gasteiger partial charge is 0.306 e. The van der Waals surface area contributed by atoms with Crippen LogP contribution in [0.15, 0.2) is 11.6 Å². The highest BCUT2D eigenvalue weighted by Crippen LogP contribution is 2.35. The zero-order chi connectivity index (χ0) is 65.1. The summed E-state index contributed by atoms with van der Waals surface area (Å²) in [5, 5.41) is 0. The van der Waals surface area contributed by atoms with E-state index in [1.165, 1.54) is 202 Å². The second kappa shape index (κ2) is 42.9. The summed E-state index contributed by atoms with van der Waals surface area (Å²) in [6, 6.07) is 6.29. The lowest BCUT2D eigenvalue weighted by atomic mass is 9.88. The number of nitrogens with zero attached hydrogens (tertiary/aromatic N) is 13. The van der Waals surface area contributed by atoms with Crippen molar-refractivity contribution in [1.82, 2.24) is 63.7 Å². The average Bonchev–Trinajstić information content (AvgIpc) is 1.78. The Morgan fingerprint density at radius 1 is 0.308 bits per heavy atom. The molecule has 13 nitrogen and oxygen atoms in total. The van der Waals surface area contributed by atoms with Gasteiger partial charge < -0.3 is 44.1 Å². The van der Waals surface area contributed by atoms with Gasteiger partial charge in [0.05, 0.1) is 0 Å². The third-order valence-corrected chi connectivity index (χ3v) is 23.6. The van der Waals surface area contributed by atoms with Crippen LogP contribution in [0.25, 0.3) is 0 Å². The van der Waals surface area contributed by atoms with E-state index < -0.39 is 0 Å². The molecule has 0 amide bonds. The smallest absolute Gasteiger partial charge is 0.0266 e. The molecule has 10 atom stereocenters. The molecule has 91 heavy (non-hydrogen) atoms. The van der Waals surface area contributed by atoms with Gasteiger partial charge in [0.1, 0.15) is 0 Å². The Balaban J connectivity index is 0.000000354. The molecule has 13 heteroatoms. The fourth-order valence-corrected chi connectivity index (χ4v) is 17.0. The first-order valence-corrected chi connectivity index (χ1v) is 37.4. The van der Waals surface area contributed by atoms with E-state index in [-0.39, 0.29) is 22.3 Å². The lowest BCUT2D eigenvalue weighted by Crippen LogP contribution is -2.47. The molecule has 0 bridgehead atoms. The van der Waals surface area contributed by atoms with Crippen molar-refractivity contribution in [2.45, 2.75) is 233 Å². The standard InChI is InChI=1S/C11H22N2.3C10H20N2.C9H19N.C9H17N.C8H18N2.C8H17N.3CH4/c1-9(2)13-7-10-5-4-6-12(3)11(10)8-13;1-8(2)12-6-9-4-11(3)5-10(9)7-12;1-8(2)12-5-4-9-6-11(3)7-10(9)12;1-8(2)12-6-9-4-5-11(3)10(9)7-12;2*1-8(2)9-5-4-6-10(3)7-9;1-8(2)10-6-4-9(3)5-7-10;1-7(2)8-4-5-9(3)6-8;;;/h9-11H,4-8H2,1-3H3;3*8-10H,4-7H2,1-3H3;8-9H,4-7H2,1-3H3;5,8H,4,6-7H2,1-3H3;8H,4-7H2,1-3H3;7-8H,4-6H2,1-3H3;3*1H4. The van der Waals surface area contributed by atoms with E-state index in [0.29, 0.717) is 0 Å². The van der Waals surface area contributed by atoms with Gasteiger partial charge in [0, 0.05) is 166 Å². The lowest BCUT2D eigenvalue weighted by molar-refractivity contribution is 0.126. The lowest BCUT2D eigenvalue weighted by Gasteiger charge is -2.34. The molecule has 0 N–H and O–H groups in total. The fourth-order valence-electron chi connectivity index (χ4n) is 17.0. The number of likely N-dealkylation sites (N-methyl/N-ethyl adjacent to an activating group) is 5. The summed E-state index contributed by atoms with van der Waals surface area (Å²) in [4.78, 5) is 32.8. The number of fused-ring (bicyclic) bond motifs is 4. The van der Waals surface area contributed by atoms with Crippen LogP contribution in [0, 0.1) is 59.2 Å². The van der Waals surface area contributed by atoms with E-state index in [1.54, 1.807) is 5.57 Å². The van der Waals surface area contributed by atoms with Gasteiger partial charge in [-0.05, 0) is 269 Å². The van der Waals surface area contributed by atoms with E-state index in [2.05, 4.69) is 237 Å². The minimum Gasteiger partial charge on any atom is -0.306 e. The van der Waals surface area contributed by atoms with Gasteiger partial charge in [-0.15, -0.1) is 0 Å². The highest BCUT2D eigenvalue weighted by Gasteiger charge is 2.43. The van der Waals surface area contributed by atoms with Gasteiger partial charge in [-0.3, -0.25) is 19.6 Å². The number of rotatable bonds is 8. The molecule has 12 heterocycles. The summed E-state index contributed by atoms with van der Waals surface area (Å²) in [5.74, 6) is 9.26. The normalized spacial score (nSPS) is 31.5. The molecule has 11 fully saturated rings. The maximum absolute atomic E-state index is 2.67. The number of hydrogen-bond acceptors (Lipinski definition) is 13. The average molecular weight is 1290 g/mol. The zero-order valence-corrected chi connectivity index (χ0v) is 63.2. The molecule has 12 aliphatic rings. The molecule has 0 aromatic heterocycles. The molecule has 542 valence electrons. The van der Waals surface area contributed by atoms with Crippen molar-refractivity contribution in [2.75, 3.05) is 207 Å². The molecule has 0 radical (unpaired) electrons. The summed E-state index contributed by atoms with van der Waals surface area (Å²) in [7, 11) is 17.9. The second-order valence-electron chi connectivity index (χ2n) is 33.5. The van der Waals surface area contributed by atoms with Gasteiger partial charge in [0.25, 0.3) is 0 Å². The van der Waals surface area contributed by atoms with Crippen LogP contribution in [0.1, 0.15) is 184 Å². The molecule has 11 saturated heterocycles. The van der Waals surface area contributed by atoms with Crippen molar-refractivity contribution in [3.63, 3.8) is 0 Å². The third-order valence-electron chi connectivity index (χ3n) is 23.6. The van der Waals surface area contributed by atoms with E-state index >= 15 is 0 Å². The van der Waals surface area contributed by atoms with Crippen LogP contribution in [0.5, 0.6) is 0 Å². The Morgan fingerprint density at radius 3 is 1.16 bits per heavy atom. The molecule has 0 aromatic rings. The Labute approximate surface area is 571 Å². The monoisotopic (exact) mass is 1280 g/mol. The molecular formula is C78H165N13. The zero-order valence-electron chi connectivity index (χ0n) is 63.2. The topological polar surface area (TPSA) is 42.1 Å². The van der Waals surface area contributed by atoms with Gasteiger partial charge in [-0.25, -0.2) is 0 Å². The fraction of sp³-hybridized carbons (Fsp3) is 0.974. The summed E-state index contributed by atoms with van der Waals surface area (Å²) < 4.78 is 0. The van der Waals surface area contributed by atoms with Gasteiger partial charge >= 0.3 is 0 Å². The van der Waals surface area contributed by atoms with Gasteiger partial charge in [-0.1, -0.05) is 75.5 Å². The van der Waals surface area contributed by atoms with E-state index in [1.807, 2.05) is 0 Å². The van der Waals surface area contributed by atoms with Gasteiger partial charge in [0.2, 0.25) is 0 Å². The Kier molecular flexibility index (Phi) is 40.7. The highest BCUT2D eigenvalue weighted by molar-refractivity contribution is 5.10. The SMILES string of the molecule is C.C.C.CC(C)C1=CCCN(C)C1.CC(C)C1CCCN(C)C1.CC(C)C1CCN(C)C1.CC(C)N1CC2CCCN(C)C2C1.CC(C)N1CC2CCN(C)C2C1.CC(C)N1CC2CN(C)CC2C1.CC(C)N1CCC2CN(C)CC21.CC(C)N1CCN(C)CC1. The second-order valence-corrected chi connectivity index (χ2v) is 33.5. The van der Waals surface area contributed by atoms with Crippen molar-refractivity contribution in [3.05, 3.63) is 11.6 Å². The summed E-state index contributed by atoms with van der Waals surface area (Å²) >= 11 is 0. The van der Waals surface area contributed by atoms with Crippen molar-refractivity contribution in [2.24, 2.45) is 59.2 Å². The van der Waals surface area contributed by atoms with Crippen molar-refractivity contribution in [1.29, 1.82) is 0 Å². The third kappa shape index (κ3) is 28.5. The highest BCUT2D eigenvalue weighted by atomic mass is 15.3. The number of hydrogen-bond donors (Lipinski definition) is 0. The van der Waals surface area contributed by atoms with Crippen LogP contribution in [0.2, 0.25) is 0 Å². The quantitative estimate of drug-likeness (QED) is 0.217. The first kappa shape index (κ1) is 86.3. The van der Waals surface area contributed by atoms with Crippen LogP contribution >= 0.6 is 0 Å². The summed E-state index contributed by atoms with van der Waals surface area (Å²) in [5.41, 5.74) is 1.61. The Hall–Kier alpha value is -0.780.